The minimum Gasteiger partial charge on any atom is -0.454 e. The van der Waals surface area contributed by atoms with Crippen LogP contribution in [0.4, 0.5) is 14.6 Å². The lowest BCUT2D eigenvalue weighted by molar-refractivity contribution is 0.0469. The molecule has 30 heavy (non-hydrogen) atoms. The lowest BCUT2D eigenvalue weighted by Gasteiger charge is -2.22. The van der Waals surface area contributed by atoms with E-state index in [0.29, 0.717) is 25.7 Å². The second-order valence-electron chi connectivity index (χ2n) is 6.97. The van der Waals surface area contributed by atoms with Crippen molar-refractivity contribution in [2.24, 2.45) is 5.92 Å². The molecule has 3 rings (SSSR count). The van der Waals surface area contributed by atoms with E-state index in [1.54, 1.807) is 0 Å². The van der Waals surface area contributed by atoms with Gasteiger partial charge in [-0.25, -0.2) is 18.3 Å². The van der Waals surface area contributed by atoms with E-state index in [2.05, 4.69) is 5.10 Å². The number of ether oxygens (including phenoxy) is 3. The molecule has 0 radical (unpaired) electrons. The number of methoxy groups -OCH3 is 1. The lowest BCUT2D eigenvalue weighted by atomic mass is 10.0. The van der Waals surface area contributed by atoms with Crippen LogP contribution < -0.4 is 5.73 Å². The molecule has 0 unspecified atom stereocenters. The number of nitrogens with zero attached hydrogens (tertiary/aromatic N) is 2. The monoisotopic (exact) mass is 423 g/mol. The smallest absolute Gasteiger partial charge is 0.344 e. The number of hydrogen-bond acceptors (Lipinski definition) is 7. The van der Waals surface area contributed by atoms with Crippen LogP contribution in [0.15, 0.2) is 18.2 Å². The number of halogens is 2. The molecule has 162 valence electrons. The molecule has 1 aromatic heterocycles. The average molecular weight is 423 g/mol. The molecule has 2 aromatic rings. The number of nitrogen functional groups attached to an aromatic ring is 1. The highest BCUT2D eigenvalue weighted by Crippen LogP contribution is 2.24. The van der Waals surface area contributed by atoms with Crippen molar-refractivity contribution in [1.29, 1.82) is 0 Å². The van der Waals surface area contributed by atoms with Crippen molar-refractivity contribution in [3.8, 4) is 0 Å². The van der Waals surface area contributed by atoms with Gasteiger partial charge >= 0.3 is 5.97 Å². The van der Waals surface area contributed by atoms with Crippen molar-refractivity contribution in [2.45, 2.75) is 26.0 Å². The van der Waals surface area contributed by atoms with E-state index >= 15 is 0 Å². The number of nitrogens with two attached hydrogens (primary N) is 1. The third-order valence-corrected chi connectivity index (χ3v) is 4.90. The third kappa shape index (κ3) is 4.82. The van der Waals surface area contributed by atoms with Gasteiger partial charge in [0.15, 0.2) is 6.61 Å². The fraction of sp³-hybridized carbons (Fsp3) is 0.450. The van der Waals surface area contributed by atoms with Crippen molar-refractivity contribution in [1.82, 2.24) is 9.78 Å². The summed E-state index contributed by atoms with van der Waals surface area (Å²) in [6.45, 7) is 0.971. The highest BCUT2D eigenvalue weighted by atomic mass is 19.1. The summed E-state index contributed by atoms with van der Waals surface area (Å²) in [5.74, 6) is -3.59. The first-order valence-electron chi connectivity index (χ1n) is 9.48. The second kappa shape index (κ2) is 9.77. The molecule has 1 saturated heterocycles. The molecule has 1 aliphatic rings. The predicted molar refractivity (Wildman–Crippen MR) is 102 cm³/mol. The predicted octanol–water partition coefficient (Wildman–Crippen LogP) is 2.36. The minimum atomic E-state index is -1.03. The fourth-order valence-corrected chi connectivity index (χ4v) is 3.34. The SMILES string of the molecule is COCc1nn(CC2CCOCC2)c(N)c1C(=O)OCC(=O)c1c(F)cccc1F. The zero-order chi connectivity index (χ0) is 21.7. The average Bonchev–Trinajstić information content (AvgIpc) is 3.02. The number of benzene rings is 1. The summed E-state index contributed by atoms with van der Waals surface area (Å²) in [5, 5.41) is 4.35. The zero-order valence-corrected chi connectivity index (χ0v) is 16.5. The summed E-state index contributed by atoms with van der Waals surface area (Å²) < 4.78 is 44.4. The number of carbonyl (C=O) groups is 2. The molecule has 0 aliphatic carbocycles. The van der Waals surface area contributed by atoms with Crippen molar-refractivity contribution in [3.05, 3.63) is 46.7 Å². The van der Waals surface area contributed by atoms with Gasteiger partial charge in [-0.1, -0.05) is 6.07 Å². The maximum Gasteiger partial charge on any atom is 0.344 e. The van der Waals surface area contributed by atoms with E-state index in [1.807, 2.05) is 0 Å². The Hall–Kier alpha value is -2.85. The summed E-state index contributed by atoms with van der Waals surface area (Å²) in [6.07, 6.45) is 1.70. The number of Topliss-reactive ketones (excluding diaryl/α,β-unsaturated/α-hetero) is 1. The van der Waals surface area contributed by atoms with E-state index in [4.69, 9.17) is 19.9 Å². The van der Waals surface area contributed by atoms with E-state index in [0.717, 1.165) is 31.0 Å². The van der Waals surface area contributed by atoms with Gasteiger partial charge in [0.05, 0.1) is 12.2 Å². The quantitative estimate of drug-likeness (QED) is 0.513. The normalized spacial score (nSPS) is 14.6. The molecule has 10 heteroatoms. The molecule has 0 amide bonds. The van der Waals surface area contributed by atoms with Crippen molar-refractivity contribution >= 4 is 17.6 Å². The van der Waals surface area contributed by atoms with E-state index in [-0.39, 0.29) is 23.7 Å². The molecular weight excluding hydrogens is 400 g/mol. The number of carbonyl (C=O) groups excluding carboxylic acids is 2. The summed E-state index contributed by atoms with van der Waals surface area (Å²) >= 11 is 0. The number of hydrogen-bond donors (Lipinski definition) is 1. The Bertz CT molecular complexity index is 905. The lowest BCUT2D eigenvalue weighted by Crippen LogP contribution is -2.22. The molecule has 1 fully saturated rings. The van der Waals surface area contributed by atoms with Crippen LogP contribution in [0.5, 0.6) is 0 Å². The van der Waals surface area contributed by atoms with Crippen molar-refractivity contribution < 1.29 is 32.6 Å². The summed E-state index contributed by atoms with van der Waals surface area (Å²) in [4.78, 5) is 24.7. The Morgan fingerprint density at radius 1 is 1.23 bits per heavy atom. The largest absolute Gasteiger partial charge is 0.454 e. The molecular formula is C20H23F2N3O5. The summed E-state index contributed by atoms with van der Waals surface area (Å²) in [6, 6.07) is 3.04. The molecule has 8 nitrogen and oxygen atoms in total. The first kappa shape index (κ1) is 21.8. The van der Waals surface area contributed by atoms with Crippen LogP contribution in [-0.2, 0) is 27.4 Å². The Labute approximate surface area is 171 Å². The van der Waals surface area contributed by atoms with Gasteiger partial charge in [-0.2, -0.15) is 5.10 Å². The highest BCUT2D eigenvalue weighted by Gasteiger charge is 2.27. The molecule has 2 N–H and O–H groups in total. The topological polar surface area (TPSA) is 106 Å². The third-order valence-electron chi connectivity index (χ3n) is 4.90. The maximum absolute atomic E-state index is 13.7. The van der Waals surface area contributed by atoms with Gasteiger partial charge in [0.2, 0.25) is 5.78 Å². The van der Waals surface area contributed by atoms with Gasteiger partial charge in [0.1, 0.15) is 28.7 Å². The van der Waals surface area contributed by atoms with Crippen LogP contribution in [0.3, 0.4) is 0 Å². The fourth-order valence-electron chi connectivity index (χ4n) is 3.34. The second-order valence-corrected chi connectivity index (χ2v) is 6.97. The number of ketones is 1. The van der Waals surface area contributed by atoms with Crippen LogP contribution in [0.1, 0.15) is 39.3 Å². The maximum atomic E-state index is 13.7. The standard InChI is InChI=1S/C20H23F2N3O5/c1-28-10-15-18(19(23)25(24-15)9-12-5-7-29-8-6-12)20(27)30-11-16(26)17-13(21)3-2-4-14(17)22/h2-4,12H,5-11,23H2,1H3. The van der Waals surface area contributed by atoms with Gasteiger partial charge in [0, 0.05) is 26.9 Å². The van der Waals surface area contributed by atoms with Crippen LogP contribution in [-0.4, -0.2) is 48.5 Å². The number of anilines is 1. The Kier molecular flexibility index (Phi) is 7.11. The van der Waals surface area contributed by atoms with E-state index in [9.17, 15) is 18.4 Å². The molecule has 1 aromatic carbocycles. The Balaban J connectivity index is 1.74. The molecule has 0 atom stereocenters. The zero-order valence-electron chi connectivity index (χ0n) is 16.5. The van der Waals surface area contributed by atoms with Crippen LogP contribution in [0.2, 0.25) is 0 Å². The summed E-state index contributed by atoms with van der Waals surface area (Å²) in [7, 11) is 1.44. The Morgan fingerprint density at radius 3 is 2.53 bits per heavy atom. The van der Waals surface area contributed by atoms with Crippen molar-refractivity contribution in [2.75, 3.05) is 32.7 Å². The first-order chi connectivity index (χ1) is 14.4. The molecule has 0 saturated carbocycles. The van der Waals surface area contributed by atoms with E-state index < -0.39 is 35.6 Å². The number of aromatic nitrogens is 2. The minimum absolute atomic E-state index is 0.00526. The van der Waals surface area contributed by atoms with Crippen LogP contribution >= 0.6 is 0 Å². The molecule has 0 bridgehead atoms. The van der Waals surface area contributed by atoms with Gasteiger partial charge in [-0.05, 0) is 30.9 Å². The molecule has 2 heterocycles. The van der Waals surface area contributed by atoms with Gasteiger partial charge < -0.3 is 19.9 Å². The number of rotatable bonds is 8. The molecule has 1 aliphatic heterocycles. The number of esters is 1. The van der Waals surface area contributed by atoms with Crippen molar-refractivity contribution in [3.63, 3.8) is 0 Å². The summed E-state index contributed by atoms with van der Waals surface area (Å²) in [5.41, 5.74) is 5.61. The van der Waals surface area contributed by atoms with Crippen LogP contribution in [0, 0.1) is 17.6 Å². The van der Waals surface area contributed by atoms with Gasteiger partial charge in [0.25, 0.3) is 0 Å². The van der Waals surface area contributed by atoms with Gasteiger partial charge in [-0.15, -0.1) is 0 Å². The highest BCUT2D eigenvalue weighted by molar-refractivity contribution is 6.01. The first-order valence-corrected chi connectivity index (χ1v) is 9.48. The molecule has 0 spiro atoms. The van der Waals surface area contributed by atoms with Gasteiger partial charge in [-0.3, -0.25) is 4.79 Å². The van der Waals surface area contributed by atoms with Crippen LogP contribution in [0.25, 0.3) is 0 Å². The Morgan fingerprint density at radius 2 is 1.90 bits per heavy atom. The van der Waals surface area contributed by atoms with E-state index in [1.165, 1.54) is 11.8 Å².